The van der Waals surface area contributed by atoms with Crippen LogP contribution in [-0.2, 0) is 9.47 Å². The van der Waals surface area contributed by atoms with Gasteiger partial charge in [0.2, 0.25) is 0 Å². The fraction of sp³-hybridized carbons (Fsp3) is 0.562. The van der Waals surface area contributed by atoms with Gasteiger partial charge in [0.1, 0.15) is 0 Å². The largest absolute Gasteiger partial charge is 0.353 e. The Morgan fingerprint density at radius 2 is 2.29 bits per heavy atom. The molecule has 1 aliphatic heterocycles. The average molecular weight is 337 g/mol. The van der Waals surface area contributed by atoms with Crippen molar-refractivity contribution in [3.05, 3.63) is 33.9 Å². The molecule has 2 amide bonds. The van der Waals surface area contributed by atoms with Gasteiger partial charge < -0.3 is 20.1 Å². The Hall–Kier alpha value is -2.19. The summed E-state index contributed by atoms with van der Waals surface area (Å²) < 4.78 is 11.0. The van der Waals surface area contributed by atoms with Crippen molar-refractivity contribution < 1.29 is 19.2 Å². The Morgan fingerprint density at radius 1 is 1.46 bits per heavy atom. The highest BCUT2D eigenvalue weighted by atomic mass is 16.7. The maximum Gasteiger partial charge on any atom is 0.319 e. The fourth-order valence-electron chi connectivity index (χ4n) is 2.45. The summed E-state index contributed by atoms with van der Waals surface area (Å²) in [5, 5.41) is 16.2. The number of rotatable bonds is 7. The van der Waals surface area contributed by atoms with E-state index in [1.54, 1.807) is 19.1 Å². The van der Waals surface area contributed by atoms with Crippen LogP contribution >= 0.6 is 0 Å². The molecular formula is C16H23N3O5. The van der Waals surface area contributed by atoms with Gasteiger partial charge in [0.25, 0.3) is 5.69 Å². The Balaban J connectivity index is 1.68. The number of anilines is 1. The Bertz CT molecular complexity index is 573. The summed E-state index contributed by atoms with van der Waals surface area (Å²) in [5.74, 6) is 0. The number of nitro benzene ring substituents is 1. The van der Waals surface area contributed by atoms with Crippen LogP contribution in [0, 0.1) is 17.0 Å². The zero-order valence-corrected chi connectivity index (χ0v) is 13.7. The van der Waals surface area contributed by atoms with Crippen molar-refractivity contribution in [2.24, 2.45) is 0 Å². The van der Waals surface area contributed by atoms with E-state index >= 15 is 0 Å². The number of nitrogens with zero attached hydrogens (tertiary/aromatic N) is 1. The minimum absolute atomic E-state index is 0.0197. The molecule has 8 heteroatoms. The molecule has 0 radical (unpaired) electrons. The fourth-order valence-corrected chi connectivity index (χ4v) is 2.45. The van der Waals surface area contributed by atoms with Gasteiger partial charge in [-0.25, -0.2) is 4.79 Å². The summed E-state index contributed by atoms with van der Waals surface area (Å²) >= 11 is 0. The Morgan fingerprint density at radius 3 is 3.00 bits per heavy atom. The number of hydrogen-bond acceptors (Lipinski definition) is 5. The highest BCUT2D eigenvalue weighted by Gasteiger charge is 2.15. The summed E-state index contributed by atoms with van der Waals surface area (Å²) in [6, 6.07) is 4.18. The molecule has 24 heavy (non-hydrogen) atoms. The number of benzene rings is 1. The second-order valence-electron chi connectivity index (χ2n) is 5.61. The molecule has 0 aromatic heterocycles. The SMILES string of the molecule is Cc1c(NC(=O)NCCCOC2CCCCO2)cccc1[N+](=O)[O-]. The molecule has 1 aliphatic rings. The first-order valence-electron chi connectivity index (χ1n) is 8.10. The first kappa shape index (κ1) is 18.2. The van der Waals surface area contributed by atoms with Crippen molar-refractivity contribution in [3.8, 4) is 0 Å². The first-order chi connectivity index (χ1) is 11.6. The van der Waals surface area contributed by atoms with Crippen LogP contribution in [0.5, 0.6) is 0 Å². The number of carbonyl (C=O) groups excluding carboxylic acids is 1. The van der Waals surface area contributed by atoms with Gasteiger partial charge in [-0.2, -0.15) is 0 Å². The van der Waals surface area contributed by atoms with Gasteiger partial charge in [-0.15, -0.1) is 0 Å². The van der Waals surface area contributed by atoms with Crippen molar-refractivity contribution in [1.82, 2.24) is 5.32 Å². The van der Waals surface area contributed by atoms with Crippen molar-refractivity contribution in [2.45, 2.75) is 38.9 Å². The number of carbonyl (C=O) groups is 1. The lowest BCUT2D eigenvalue weighted by Crippen LogP contribution is -2.31. The van der Waals surface area contributed by atoms with Crippen LogP contribution in [0.15, 0.2) is 18.2 Å². The third-order valence-corrected chi connectivity index (χ3v) is 3.80. The quantitative estimate of drug-likeness (QED) is 0.452. The molecule has 1 aromatic rings. The topological polar surface area (TPSA) is 103 Å². The molecule has 1 fully saturated rings. The minimum atomic E-state index is -0.469. The zero-order chi connectivity index (χ0) is 17.4. The number of ether oxygens (including phenoxy) is 2. The molecule has 0 bridgehead atoms. The summed E-state index contributed by atoms with van der Waals surface area (Å²) in [7, 11) is 0. The van der Waals surface area contributed by atoms with Crippen LogP contribution in [0.2, 0.25) is 0 Å². The van der Waals surface area contributed by atoms with E-state index in [-0.39, 0.29) is 12.0 Å². The molecule has 0 aliphatic carbocycles. The van der Waals surface area contributed by atoms with Crippen molar-refractivity contribution in [2.75, 3.05) is 25.1 Å². The number of urea groups is 1. The van der Waals surface area contributed by atoms with Gasteiger partial charge in [0.15, 0.2) is 6.29 Å². The molecule has 0 spiro atoms. The third-order valence-electron chi connectivity index (χ3n) is 3.80. The van der Waals surface area contributed by atoms with Gasteiger partial charge in [0, 0.05) is 19.2 Å². The summed E-state index contributed by atoms with van der Waals surface area (Å²) in [6.07, 6.45) is 3.66. The molecule has 132 valence electrons. The van der Waals surface area contributed by atoms with Gasteiger partial charge in [0.05, 0.1) is 22.8 Å². The van der Waals surface area contributed by atoms with Crippen molar-refractivity contribution in [3.63, 3.8) is 0 Å². The predicted octanol–water partition coefficient (Wildman–Crippen LogP) is 2.96. The molecule has 1 saturated heterocycles. The van der Waals surface area contributed by atoms with Crippen LogP contribution in [0.1, 0.15) is 31.2 Å². The van der Waals surface area contributed by atoms with E-state index in [2.05, 4.69) is 10.6 Å². The van der Waals surface area contributed by atoms with E-state index in [1.165, 1.54) is 6.07 Å². The predicted molar refractivity (Wildman–Crippen MR) is 89.0 cm³/mol. The summed E-state index contributed by atoms with van der Waals surface area (Å²) in [5.41, 5.74) is 0.831. The minimum Gasteiger partial charge on any atom is -0.353 e. The molecule has 8 nitrogen and oxygen atoms in total. The number of hydrogen-bond donors (Lipinski definition) is 2. The maximum absolute atomic E-state index is 11.9. The van der Waals surface area contributed by atoms with Crippen LogP contribution in [0.4, 0.5) is 16.2 Å². The molecule has 1 aromatic carbocycles. The van der Waals surface area contributed by atoms with E-state index in [1.807, 2.05) is 0 Å². The van der Waals surface area contributed by atoms with E-state index in [0.29, 0.717) is 30.8 Å². The van der Waals surface area contributed by atoms with Gasteiger partial charge >= 0.3 is 6.03 Å². The van der Waals surface area contributed by atoms with Crippen molar-refractivity contribution in [1.29, 1.82) is 0 Å². The first-order valence-corrected chi connectivity index (χ1v) is 8.10. The normalized spacial score (nSPS) is 17.3. The number of nitrogens with one attached hydrogen (secondary N) is 2. The second kappa shape index (κ2) is 9.19. The van der Waals surface area contributed by atoms with Crippen LogP contribution in [0.25, 0.3) is 0 Å². The zero-order valence-electron chi connectivity index (χ0n) is 13.7. The lowest BCUT2D eigenvalue weighted by atomic mass is 10.1. The highest BCUT2D eigenvalue weighted by molar-refractivity contribution is 5.90. The number of amides is 2. The standard InChI is InChI=1S/C16H23N3O5/c1-12-13(6-4-7-14(12)19(21)22)18-16(20)17-9-5-11-24-15-8-2-3-10-23-15/h4,6-7,15H,2-3,5,8-11H2,1H3,(H2,17,18,20). The van der Waals surface area contributed by atoms with Crippen LogP contribution in [0.3, 0.4) is 0 Å². The van der Waals surface area contributed by atoms with Crippen molar-refractivity contribution >= 4 is 17.4 Å². The van der Waals surface area contributed by atoms with Gasteiger partial charge in [-0.1, -0.05) is 6.07 Å². The summed E-state index contributed by atoms with van der Waals surface area (Å²) in [6.45, 7) is 3.31. The maximum atomic E-state index is 11.9. The van der Waals surface area contributed by atoms with E-state index in [4.69, 9.17) is 9.47 Å². The molecule has 1 atom stereocenters. The Kier molecular flexibility index (Phi) is 6.95. The van der Waals surface area contributed by atoms with E-state index in [9.17, 15) is 14.9 Å². The second-order valence-corrected chi connectivity index (χ2v) is 5.61. The van der Waals surface area contributed by atoms with Gasteiger partial charge in [-0.3, -0.25) is 10.1 Å². The molecule has 0 saturated carbocycles. The molecule has 1 heterocycles. The molecular weight excluding hydrogens is 314 g/mol. The van der Waals surface area contributed by atoms with Crippen LogP contribution in [-0.4, -0.2) is 37.0 Å². The monoisotopic (exact) mass is 337 g/mol. The third kappa shape index (κ3) is 5.47. The molecule has 2 N–H and O–H groups in total. The average Bonchev–Trinajstić information content (AvgIpc) is 2.57. The number of nitro groups is 1. The molecule has 1 unspecified atom stereocenters. The lowest BCUT2D eigenvalue weighted by Gasteiger charge is -2.22. The summed E-state index contributed by atoms with van der Waals surface area (Å²) in [4.78, 5) is 22.3. The Labute approximate surface area is 140 Å². The van der Waals surface area contributed by atoms with Crippen LogP contribution < -0.4 is 10.6 Å². The van der Waals surface area contributed by atoms with E-state index in [0.717, 1.165) is 25.9 Å². The van der Waals surface area contributed by atoms with Gasteiger partial charge in [-0.05, 0) is 38.7 Å². The van der Waals surface area contributed by atoms with E-state index < -0.39 is 11.0 Å². The molecule has 2 rings (SSSR count). The lowest BCUT2D eigenvalue weighted by molar-refractivity contribution is -0.385. The smallest absolute Gasteiger partial charge is 0.319 e. The highest BCUT2D eigenvalue weighted by Crippen LogP contribution is 2.24.